The van der Waals surface area contributed by atoms with E-state index in [2.05, 4.69) is 10.6 Å². The van der Waals surface area contributed by atoms with Gasteiger partial charge in [0.1, 0.15) is 18.8 Å². The molecule has 11 heteroatoms. The molecule has 0 aliphatic carbocycles. The first-order chi connectivity index (χ1) is 18.1. The van der Waals surface area contributed by atoms with Crippen LogP contribution < -0.4 is 20.1 Å². The second kappa shape index (κ2) is 11.8. The summed E-state index contributed by atoms with van der Waals surface area (Å²) in [5.41, 5.74) is 2.83. The molecule has 196 valence electrons. The Morgan fingerprint density at radius 1 is 1.00 bits per heavy atom. The predicted octanol–water partition coefficient (Wildman–Crippen LogP) is 6.07. The molecule has 3 aromatic carbocycles. The van der Waals surface area contributed by atoms with Crippen molar-refractivity contribution >= 4 is 64.4 Å². The minimum Gasteiger partial charge on any atom is -0.493 e. The number of carbonyl (C=O) groups is 3. The molecule has 1 fully saturated rings. The molecule has 4 amide bonds. The Morgan fingerprint density at radius 2 is 1.74 bits per heavy atom. The summed E-state index contributed by atoms with van der Waals surface area (Å²) in [4.78, 5) is 38.5. The van der Waals surface area contributed by atoms with Gasteiger partial charge in [0.15, 0.2) is 11.5 Å². The number of hydrogen-bond acceptors (Lipinski definition) is 5. The number of urea groups is 1. The molecule has 4 rings (SSSR count). The second-order valence-electron chi connectivity index (χ2n) is 8.36. The van der Waals surface area contributed by atoms with Crippen molar-refractivity contribution < 1.29 is 23.9 Å². The highest BCUT2D eigenvalue weighted by molar-refractivity contribution is 6.42. The molecule has 2 N–H and O–H groups in total. The normalized spacial score (nSPS) is 14.0. The summed E-state index contributed by atoms with van der Waals surface area (Å²) >= 11 is 18.5. The standard InChI is InChI=1S/C27H22Cl3N3O5/c1-15-3-6-18(7-4-15)31-24(34)13-33-26(35)22(32-27(33)36)11-17-10-21(30)25(23(12-17)37-2)38-14-16-5-8-19(28)20(29)9-16/h3-12H,13-14H2,1-2H3,(H,31,34)(H,32,36)/b22-11+. The molecule has 0 bridgehead atoms. The maximum atomic E-state index is 12.9. The zero-order valence-electron chi connectivity index (χ0n) is 20.3. The number of hydrogen-bond donors (Lipinski definition) is 2. The van der Waals surface area contributed by atoms with Crippen LogP contribution in [0.2, 0.25) is 15.1 Å². The van der Waals surface area contributed by atoms with E-state index in [0.29, 0.717) is 32.8 Å². The number of nitrogens with one attached hydrogen (secondary N) is 2. The van der Waals surface area contributed by atoms with E-state index in [0.717, 1.165) is 16.0 Å². The fraction of sp³-hybridized carbons (Fsp3) is 0.148. The van der Waals surface area contributed by atoms with Gasteiger partial charge in [-0.05, 0) is 60.5 Å². The van der Waals surface area contributed by atoms with Crippen LogP contribution in [0.3, 0.4) is 0 Å². The van der Waals surface area contributed by atoms with E-state index in [9.17, 15) is 14.4 Å². The van der Waals surface area contributed by atoms with E-state index < -0.39 is 24.4 Å². The van der Waals surface area contributed by atoms with E-state index in [1.807, 2.05) is 19.1 Å². The maximum Gasteiger partial charge on any atom is 0.329 e. The summed E-state index contributed by atoms with van der Waals surface area (Å²) in [6.45, 7) is 1.64. The van der Waals surface area contributed by atoms with E-state index in [-0.39, 0.29) is 17.3 Å². The van der Waals surface area contributed by atoms with Gasteiger partial charge in [-0.2, -0.15) is 0 Å². The third kappa shape index (κ3) is 6.39. The van der Waals surface area contributed by atoms with Crippen molar-refractivity contribution in [2.75, 3.05) is 19.0 Å². The molecule has 0 radical (unpaired) electrons. The molecule has 1 heterocycles. The van der Waals surface area contributed by atoms with Crippen LogP contribution in [0.1, 0.15) is 16.7 Å². The molecule has 0 unspecified atom stereocenters. The van der Waals surface area contributed by atoms with Gasteiger partial charge in [0.2, 0.25) is 5.91 Å². The minimum atomic E-state index is -0.708. The highest BCUT2D eigenvalue weighted by atomic mass is 35.5. The van der Waals surface area contributed by atoms with Crippen LogP contribution >= 0.6 is 34.8 Å². The number of amides is 4. The van der Waals surface area contributed by atoms with Gasteiger partial charge in [-0.15, -0.1) is 0 Å². The number of aryl methyl sites for hydroxylation is 1. The van der Waals surface area contributed by atoms with Crippen molar-refractivity contribution in [3.05, 3.63) is 92.1 Å². The summed E-state index contributed by atoms with van der Waals surface area (Å²) in [6.07, 6.45) is 1.44. The van der Waals surface area contributed by atoms with Crippen LogP contribution in [-0.4, -0.2) is 36.4 Å². The molecule has 1 aliphatic heterocycles. The number of benzene rings is 3. The van der Waals surface area contributed by atoms with Crippen molar-refractivity contribution in [2.45, 2.75) is 13.5 Å². The van der Waals surface area contributed by atoms with Gasteiger partial charge in [-0.1, -0.05) is 58.6 Å². The van der Waals surface area contributed by atoms with E-state index in [1.165, 1.54) is 13.2 Å². The average molecular weight is 575 g/mol. The fourth-order valence-corrected chi connectivity index (χ4v) is 4.21. The van der Waals surface area contributed by atoms with Crippen LogP contribution in [0, 0.1) is 6.92 Å². The molecule has 1 aliphatic rings. The lowest BCUT2D eigenvalue weighted by Crippen LogP contribution is -2.38. The summed E-state index contributed by atoms with van der Waals surface area (Å²) in [7, 11) is 1.45. The van der Waals surface area contributed by atoms with Gasteiger partial charge < -0.3 is 20.1 Å². The first-order valence-electron chi connectivity index (χ1n) is 11.3. The van der Waals surface area contributed by atoms with Crippen molar-refractivity contribution in [1.82, 2.24) is 10.2 Å². The molecule has 3 aromatic rings. The zero-order valence-corrected chi connectivity index (χ0v) is 22.6. The van der Waals surface area contributed by atoms with E-state index in [1.54, 1.807) is 42.5 Å². The number of nitrogens with zero attached hydrogens (tertiary/aromatic N) is 1. The molecule has 0 saturated carbocycles. The van der Waals surface area contributed by atoms with Crippen molar-refractivity contribution in [1.29, 1.82) is 0 Å². The Kier molecular flexibility index (Phi) is 8.46. The average Bonchev–Trinajstić information content (AvgIpc) is 3.13. The Bertz CT molecular complexity index is 1440. The SMILES string of the molecule is COc1cc(/C=C2/NC(=O)N(CC(=O)Nc3ccc(C)cc3)C2=O)cc(Cl)c1OCc1ccc(Cl)c(Cl)c1. The van der Waals surface area contributed by atoms with E-state index in [4.69, 9.17) is 44.3 Å². The van der Waals surface area contributed by atoms with Crippen molar-refractivity contribution in [2.24, 2.45) is 0 Å². The van der Waals surface area contributed by atoms with Gasteiger partial charge in [0, 0.05) is 5.69 Å². The van der Waals surface area contributed by atoms with E-state index >= 15 is 0 Å². The first-order valence-corrected chi connectivity index (χ1v) is 12.4. The van der Waals surface area contributed by atoms with Gasteiger partial charge in [0.05, 0.1) is 22.2 Å². The van der Waals surface area contributed by atoms with Crippen LogP contribution in [-0.2, 0) is 16.2 Å². The molecule has 0 spiro atoms. The molecule has 1 saturated heterocycles. The van der Waals surface area contributed by atoms with Crippen LogP contribution in [0.15, 0.2) is 60.3 Å². The number of halogens is 3. The number of anilines is 1. The molecule has 38 heavy (non-hydrogen) atoms. The summed E-state index contributed by atoms with van der Waals surface area (Å²) in [5, 5.41) is 6.21. The monoisotopic (exact) mass is 573 g/mol. The van der Waals surface area contributed by atoms with Crippen molar-refractivity contribution in [3.63, 3.8) is 0 Å². The first kappa shape index (κ1) is 27.3. The van der Waals surface area contributed by atoms with Gasteiger partial charge in [-0.25, -0.2) is 9.69 Å². The maximum absolute atomic E-state index is 12.9. The number of carbonyl (C=O) groups excluding carboxylic acids is 3. The lowest BCUT2D eigenvalue weighted by molar-refractivity contribution is -0.127. The molecule has 0 aromatic heterocycles. The molecule has 0 atom stereocenters. The molecular formula is C27H22Cl3N3O5. The van der Waals surface area contributed by atoms with Gasteiger partial charge in [-0.3, -0.25) is 9.59 Å². The third-order valence-corrected chi connectivity index (χ3v) is 6.55. The van der Waals surface area contributed by atoms with Crippen LogP contribution in [0.25, 0.3) is 6.08 Å². The smallest absolute Gasteiger partial charge is 0.329 e. The van der Waals surface area contributed by atoms with Crippen molar-refractivity contribution in [3.8, 4) is 11.5 Å². The summed E-state index contributed by atoms with van der Waals surface area (Å²) in [5.74, 6) is -0.551. The number of rotatable bonds is 8. The number of imide groups is 1. The van der Waals surface area contributed by atoms with Gasteiger partial charge in [0.25, 0.3) is 5.91 Å². The molecular weight excluding hydrogens is 553 g/mol. The molecule has 8 nitrogen and oxygen atoms in total. The Labute approximate surface area is 234 Å². The Morgan fingerprint density at radius 3 is 2.42 bits per heavy atom. The summed E-state index contributed by atoms with van der Waals surface area (Å²) < 4.78 is 11.3. The third-order valence-electron chi connectivity index (χ3n) is 5.53. The zero-order chi connectivity index (χ0) is 27.4. The summed E-state index contributed by atoms with van der Waals surface area (Å²) in [6, 6.07) is 14.7. The topological polar surface area (TPSA) is 97.0 Å². The highest BCUT2D eigenvalue weighted by Gasteiger charge is 2.35. The highest BCUT2D eigenvalue weighted by Crippen LogP contribution is 2.38. The second-order valence-corrected chi connectivity index (χ2v) is 9.59. The largest absolute Gasteiger partial charge is 0.493 e. The Hall–Kier alpha value is -3.72. The lowest BCUT2D eigenvalue weighted by Gasteiger charge is -2.14. The predicted molar refractivity (Wildman–Crippen MR) is 147 cm³/mol. The van der Waals surface area contributed by atoms with Crippen LogP contribution in [0.4, 0.5) is 10.5 Å². The quantitative estimate of drug-likeness (QED) is 0.251. The fourth-order valence-electron chi connectivity index (χ4n) is 3.61. The van der Waals surface area contributed by atoms with Gasteiger partial charge >= 0.3 is 6.03 Å². The minimum absolute atomic E-state index is 0.0132. The van der Waals surface area contributed by atoms with Crippen LogP contribution in [0.5, 0.6) is 11.5 Å². The number of methoxy groups -OCH3 is 1. The lowest BCUT2D eigenvalue weighted by atomic mass is 10.1. The number of ether oxygens (including phenoxy) is 2. The Balaban J connectivity index is 1.46.